The Labute approximate surface area is 107 Å². The Morgan fingerprint density at radius 2 is 1.72 bits per heavy atom. The third-order valence-electron chi connectivity index (χ3n) is 2.00. The van der Waals surface area contributed by atoms with E-state index in [2.05, 4.69) is 4.99 Å². The van der Waals surface area contributed by atoms with Gasteiger partial charge in [-0.05, 0) is 52.0 Å². The van der Waals surface area contributed by atoms with Crippen molar-refractivity contribution >= 4 is 23.7 Å². The third kappa shape index (κ3) is 4.91. The third-order valence-corrected chi connectivity index (χ3v) is 2.00. The second-order valence-corrected chi connectivity index (χ2v) is 4.89. The number of Topliss-reactive ketones (excluding diaryl/α,β-unsaturated/α-hetero) is 1. The number of rotatable bonds is 3. The predicted octanol–water partition coefficient (Wildman–Crippen LogP) is 2.93. The zero-order chi connectivity index (χ0) is 13.8. The second kappa shape index (κ2) is 5.58. The minimum absolute atomic E-state index is 0.00216. The summed E-state index contributed by atoms with van der Waals surface area (Å²) in [5.41, 5.74) is 0.693. The predicted molar refractivity (Wildman–Crippen MR) is 70.4 cm³/mol. The Kier molecular flexibility index (Phi) is 4.37. The maximum atomic E-state index is 11.4. The molecule has 0 atom stereocenters. The first-order valence-corrected chi connectivity index (χ1v) is 5.66. The number of benzene rings is 1. The Hall–Kier alpha value is -1.97. The van der Waals surface area contributed by atoms with Gasteiger partial charge in [-0.2, -0.15) is 0 Å². The average molecular weight is 247 g/mol. The molecule has 0 aliphatic heterocycles. The van der Waals surface area contributed by atoms with Gasteiger partial charge in [-0.1, -0.05) is 0 Å². The topological polar surface area (TPSA) is 55.7 Å². The van der Waals surface area contributed by atoms with Gasteiger partial charge in [0.1, 0.15) is 11.8 Å². The lowest BCUT2D eigenvalue weighted by atomic mass is 10.1. The number of nitrogens with zero attached hydrogens (tertiary/aromatic N) is 1. The van der Waals surface area contributed by atoms with Gasteiger partial charge in [-0.25, -0.2) is 9.79 Å². The maximum absolute atomic E-state index is 11.4. The van der Waals surface area contributed by atoms with Gasteiger partial charge >= 0.3 is 5.97 Å². The molecule has 1 aromatic rings. The number of hydrogen-bond donors (Lipinski definition) is 0. The standard InChI is InChI=1S/C14H17NO3/c1-10(16)11-5-7-12(8-6-11)15-9-13(17)18-14(2,3)4/h5-9H,1-4H3. The molecule has 1 rings (SSSR count). The van der Waals surface area contributed by atoms with Crippen molar-refractivity contribution in [1.82, 2.24) is 0 Å². The highest BCUT2D eigenvalue weighted by atomic mass is 16.6. The fraction of sp³-hybridized carbons (Fsp3) is 0.357. The van der Waals surface area contributed by atoms with E-state index in [1.54, 1.807) is 45.0 Å². The van der Waals surface area contributed by atoms with E-state index in [0.29, 0.717) is 11.3 Å². The summed E-state index contributed by atoms with van der Waals surface area (Å²) in [4.78, 5) is 26.4. The summed E-state index contributed by atoms with van der Waals surface area (Å²) in [6, 6.07) is 6.70. The maximum Gasteiger partial charge on any atom is 0.349 e. The van der Waals surface area contributed by atoms with E-state index in [1.165, 1.54) is 6.92 Å². The van der Waals surface area contributed by atoms with E-state index < -0.39 is 11.6 Å². The summed E-state index contributed by atoms with van der Waals surface area (Å²) < 4.78 is 5.08. The molecule has 4 heteroatoms. The number of esters is 1. The van der Waals surface area contributed by atoms with Gasteiger partial charge in [-0.3, -0.25) is 4.79 Å². The van der Waals surface area contributed by atoms with Crippen LogP contribution < -0.4 is 0 Å². The molecule has 0 N–H and O–H groups in total. The van der Waals surface area contributed by atoms with E-state index in [1.807, 2.05) is 0 Å². The Bertz CT molecular complexity index is 467. The summed E-state index contributed by atoms with van der Waals surface area (Å²) in [5, 5.41) is 0. The van der Waals surface area contributed by atoms with Gasteiger partial charge in [0, 0.05) is 5.56 Å². The lowest BCUT2D eigenvalue weighted by Crippen LogP contribution is -2.24. The Morgan fingerprint density at radius 3 is 2.17 bits per heavy atom. The molecule has 18 heavy (non-hydrogen) atoms. The molecule has 96 valence electrons. The molecule has 0 unspecified atom stereocenters. The lowest BCUT2D eigenvalue weighted by molar-refractivity contribution is -0.145. The van der Waals surface area contributed by atoms with Crippen LogP contribution in [0.5, 0.6) is 0 Å². The van der Waals surface area contributed by atoms with E-state index in [0.717, 1.165) is 6.21 Å². The van der Waals surface area contributed by atoms with Crippen LogP contribution in [-0.4, -0.2) is 23.6 Å². The molecule has 0 spiro atoms. The van der Waals surface area contributed by atoms with Crippen LogP contribution in [0.2, 0.25) is 0 Å². The summed E-state index contributed by atoms with van der Waals surface area (Å²) in [5.74, 6) is -0.490. The quantitative estimate of drug-likeness (QED) is 0.469. The van der Waals surface area contributed by atoms with Crippen LogP contribution >= 0.6 is 0 Å². The van der Waals surface area contributed by atoms with Crippen molar-refractivity contribution in [3.8, 4) is 0 Å². The molecule has 0 saturated heterocycles. The van der Waals surface area contributed by atoms with Crippen molar-refractivity contribution in [3.05, 3.63) is 29.8 Å². The van der Waals surface area contributed by atoms with Gasteiger partial charge in [0.15, 0.2) is 5.78 Å². The monoisotopic (exact) mass is 247 g/mol. The highest BCUT2D eigenvalue weighted by Crippen LogP contribution is 2.13. The molecule has 0 bridgehead atoms. The number of aliphatic imine (C=N–C) groups is 1. The Balaban J connectivity index is 2.67. The van der Waals surface area contributed by atoms with Gasteiger partial charge in [0.05, 0.1) is 5.69 Å². The SMILES string of the molecule is CC(=O)c1ccc(N=CC(=O)OC(C)(C)C)cc1. The summed E-state index contributed by atoms with van der Waals surface area (Å²) >= 11 is 0. The van der Waals surface area contributed by atoms with Crippen LogP contribution in [0.1, 0.15) is 38.1 Å². The van der Waals surface area contributed by atoms with Gasteiger partial charge in [0.25, 0.3) is 0 Å². The number of hydrogen-bond acceptors (Lipinski definition) is 4. The molecule has 0 heterocycles. The number of ketones is 1. The zero-order valence-corrected chi connectivity index (χ0v) is 11.1. The molecule has 0 aliphatic carbocycles. The summed E-state index contributed by atoms with van der Waals surface area (Å²) in [6.45, 7) is 6.88. The lowest BCUT2D eigenvalue weighted by Gasteiger charge is -2.17. The first-order chi connectivity index (χ1) is 8.28. The first kappa shape index (κ1) is 14.1. The van der Waals surface area contributed by atoms with Crippen molar-refractivity contribution in [2.75, 3.05) is 0 Å². The van der Waals surface area contributed by atoms with Crippen LogP contribution in [0.4, 0.5) is 5.69 Å². The van der Waals surface area contributed by atoms with Crippen molar-refractivity contribution in [3.63, 3.8) is 0 Å². The van der Waals surface area contributed by atoms with Crippen LogP contribution in [0.15, 0.2) is 29.3 Å². The molecule has 1 aromatic carbocycles. The van der Waals surface area contributed by atoms with Crippen LogP contribution in [0, 0.1) is 0 Å². The smallest absolute Gasteiger partial charge is 0.349 e. The van der Waals surface area contributed by atoms with E-state index in [9.17, 15) is 9.59 Å². The number of carbonyl (C=O) groups excluding carboxylic acids is 2. The van der Waals surface area contributed by atoms with E-state index in [4.69, 9.17) is 4.74 Å². The minimum Gasteiger partial charge on any atom is -0.456 e. The largest absolute Gasteiger partial charge is 0.456 e. The molecular formula is C14H17NO3. The van der Waals surface area contributed by atoms with Crippen molar-refractivity contribution in [2.24, 2.45) is 4.99 Å². The van der Waals surface area contributed by atoms with Gasteiger partial charge in [0.2, 0.25) is 0 Å². The second-order valence-electron chi connectivity index (χ2n) is 4.89. The molecule has 0 radical (unpaired) electrons. The molecule has 4 nitrogen and oxygen atoms in total. The Morgan fingerprint density at radius 1 is 1.17 bits per heavy atom. The fourth-order valence-corrected chi connectivity index (χ4v) is 1.24. The normalized spacial score (nSPS) is 11.6. The molecule has 0 aromatic heterocycles. The zero-order valence-electron chi connectivity index (χ0n) is 11.1. The van der Waals surface area contributed by atoms with Crippen LogP contribution in [0.25, 0.3) is 0 Å². The van der Waals surface area contributed by atoms with Gasteiger partial charge in [-0.15, -0.1) is 0 Å². The number of carbonyl (C=O) groups is 2. The van der Waals surface area contributed by atoms with E-state index in [-0.39, 0.29) is 5.78 Å². The van der Waals surface area contributed by atoms with Crippen molar-refractivity contribution in [1.29, 1.82) is 0 Å². The molecular weight excluding hydrogens is 230 g/mol. The fourth-order valence-electron chi connectivity index (χ4n) is 1.24. The number of ether oxygens (including phenoxy) is 1. The average Bonchev–Trinajstić information content (AvgIpc) is 2.24. The highest BCUT2D eigenvalue weighted by Gasteiger charge is 2.14. The molecule has 0 fully saturated rings. The van der Waals surface area contributed by atoms with Crippen LogP contribution in [0.3, 0.4) is 0 Å². The molecule has 0 aliphatic rings. The van der Waals surface area contributed by atoms with Crippen molar-refractivity contribution in [2.45, 2.75) is 33.3 Å². The first-order valence-electron chi connectivity index (χ1n) is 5.66. The van der Waals surface area contributed by atoms with E-state index >= 15 is 0 Å². The molecule has 0 saturated carbocycles. The minimum atomic E-state index is -0.526. The summed E-state index contributed by atoms with van der Waals surface area (Å²) in [6.07, 6.45) is 1.13. The molecule has 0 amide bonds. The van der Waals surface area contributed by atoms with Gasteiger partial charge < -0.3 is 4.74 Å². The van der Waals surface area contributed by atoms with Crippen LogP contribution in [-0.2, 0) is 9.53 Å². The van der Waals surface area contributed by atoms with Crippen molar-refractivity contribution < 1.29 is 14.3 Å². The summed E-state index contributed by atoms with van der Waals surface area (Å²) in [7, 11) is 0. The highest BCUT2D eigenvalue weighted by molar-refractivity contribution is 6.23.